The Morgan fingerprint density at radius 3 is 2.10 bits per heavy atom. The van der Waals surface area contributed by atoms with Crippen LogP contribution >= 0.6 is 0 Å². The van der Waals surface area contributed by atoms with E-state index < -0.39 is 11.5 Å². The van der Waals surface area contributed by atoms with E-state index >= 15 is 0 Å². The lowest BCUT2D eigenvalue weighted by atomic mass is 9.41. The minimum absolute atomic E-state index is 0.0828. The molecule has 0 saturated heterocycles. The molecule has 0 aromatic heterocycles. The van der Waals surface area contributed by atoms with Crippen molar-refractivity contribution in [2.24, 2.45) is 50.7 Å². The van der Waals surface area contributed by atoms with Crippen LogP contribution in [-0.2, 0) is 20.9 Å². The summed E-state index contributed by atoms with van der Waals surface area (Å²) in [5.41, 5.74) is 5.20. The number of unbranched alkanes of at least 4 members (excludes halogenated alkanes) is 1. The van der Waals surface area contributed by atoms with E-state index in [1.54, 1.807) is 0 Å². The van der Waals surface area contributed by atoms with E-state index in [0.29, 0.717) is 36.5 Å². The smallest absolute Gasteiger partial charge is 0.160 e. The lowest BCUT2D eigenvalue weighted by Crippen LogP contribution is -2.59. The largest absolute Gasteiger partial charge is 0.494 e. The molecule has 1 aromatic carbocycles. The molecule has 9 atom stereocenters. The molecule has 5 aliphatic carbocycles. The third-order valence-corrected chi connectivity index (χ3v) is 16.3. The Kier molecular flexibility index (Phi) is 21.9. The Bertz CT molecular complexity index is 1690. The summed E-state index contributed by atoms with van der Waals surface area (Å²) in [4.78, 5) is 25.4. The van der Waals surface area contributed by atoms with Crippen molar-refractivity contribution in [2.45, 2.75) is 192 Å². The maximum Gasteiger partial charge on any atom is 0.160 e. The van der Waals surface area contributed by atoms with E-state index in [-0.39, 0.29) is 33.7 Å². The second-order valence-corrected chi connectivity index (χ2v) is 21.2. The zero-order valence-electron chi connectivity index (χ0n) is 42.7. The predicted octanol–water partition coefficient (Wildman–Crippen LogP) is 13.3. The number of terminal acetylenes is 1. The number of Topliss-reactive ketones (excluding diaryl/α,β-unsaturated/α-hetero) is 1. The highest BCUT2D eigenvalue weighted by atomic mass is 16.5. The van der Waals surface area contributed by atoms with Crippen LogP contribution in [0.15, 0.2) is 59.9 Å². The van der Waals surface area contributed by atoms with Gasteiger partial charge in [0.25, 0.3) is 0 Å². The highest BCUT2D eigenvalue weighted by molar-refractivity contribution is 6.00. The van der Waals surface area contributed by atoms with Crippen molar-refractivity contribution in [2.75, 3.05) is 20.7 Å². The number of nitrogens with zero attached hydrogens (tertiary/aromatic N) is 1. The standard InChI is InChI=1S/C50H77NO3.C2H4O.C2H6.C2H2.CH4O/c1-12-14-16-37-21-22-41-48(9,27-23-40-46(6,7)43(24-28-49(40,41)10)54-38-29-47(8,13-2)30-38)25-15-26-50(31-39(52)44(34(3)4)45(37)50)42(53)33-51(11)32-36-19-17-35(5)18-20-36;1-2-3;3*1-2/h13,17-20,29,34,37,40-43,53H,2,12,14-16,21-28,30-33H2,1,3-11H3;2H,1H3;1-2H3;1-2H;2H,1H3/t37?,40?,41?,42-,43?,47?,48?,49?,50?;;;;/m1..../s1. The summed E-state index contributed by atoms with van der Waals surface area (Å²) in [6.45, 7) is 32.4. The number of aliphatic hydroxyl groups excluding tert-OH is 2. The molecule has 5 aliphatic rings. The van der Waals surface area contributed by atoms with E-state index in [0.717, 1.165) is 70.5 Å². The summed E-state index contributed by atoms with van der Waals surface area (Å²) in [5.74, 6) is 3.25. The number of aliphatic hydroxyl groups is 2. The van der Waals surface area contributed by atoms with Crippen LogP contribution in [-0.4, -0.2) is 60.1 Å². The lowest BCUT2D eigenvalue weighted by molar-refractivity contribution is -0.182. The first kappa shape index (κ1) is 56.2. The molecule has 2 N–H and O–H groups in total. The van der Waals surface area contributed by atoms with E-state index in [2.05, 4.69) is 130 Å². The van der Waals surface area contributed by atoms with E-state index in [1.807, 2.05) is 13.8 Å². The topological polar surface area (TPSA) is 87.1 Å². The normalized spacial score (nSPS) is 32.3. The zero-order chi connectivity index (χ0) is 48.0. The summed E-state index contributed by atoms with van der Waals surface area (Å²) in [7, 11) is 3.14. The molecule has 3 saturated carbocycles. The number of ketones is 1. The van der Waals surface area contributed by atoms with Crippen molar-refractivity contribution in [3.8, 4) is 12.8 Å². The number of fused-ring (bicyclic) bond motifs is 4. The van der Waals surface area contributed by atoms with Crippen molar-refractivity contribution < 1.29 is 24.5 Å². The molecular weight excluding hydrogens is 779 g/mol. The number of allylic oxidation sites excluding steroid dienone is 4. The first-order valence-corrected chi connectivity index (χ1v) is 24.7. The van der Waals surface area contributed by atoms with Gasteiger partial charge in [0.1, 0.15) is 12.4 Å². The van der Waals surface area contributed by atoms with Gasteiger partial charge in [-0.2, -0.15) is 0 Å². The second kappa shape index (κ2) is 24.5. The van der Waals surface area contributed by atoms with Gasteiger partial charge < -0.3 is 19.7 Å². The summed E-state index contributed by atoms with van der Waals surface area (Å²) in [6.07, 6.45) is 28.1. The Balaban J connectivity index is 0.00000142. The van der Waals surface area contributed by atoms with Gasteiger partial charge in [0.15, 0.2) is 5.78 Å². The lowest BCUT2D eigenvalue weighted by Gasteiger charge is -2.65. The van der Waals surface area contributed by atoms with E-state index in [4.69, 9.17) is 14.6 Å². The van der Waals surface area contributed by atoms with Crippen molar-refractivity contribution in [1.29, 1.82) is 0 Å². The number of carbonyl (C=O) groups is 2. The number of benzene rings is 1. The van der Waals surface area contributed by atoms with Gasteiger partial charge in [-0.15, -0.1) is 19.4 Å². The van der Waals surface area contributed by atoms with Crippen molar-refractivity contribution in [1.82, 2.24) is 4.90 Å². The molecule has 3 fully saturated rings. The van der Waals surface area contributed by atoms with Gasteiger partial charge in [-0.1, -0.05) is 130 Å². The third kappa shape index (κ3) is 12.5. The van der Waals surface area contributed by atoms with E-state index in [9.17, 15) is 9.90 Å². The van der Waals surface area contributed by atoms with Crippen LogP contribution in [0.25, 0.3) is 0 Å². The molecule has 0 radical (unpaired) electrons. The average Bonchev–Trinajstić information content (AvgIpc) is 3.55. The zero-order valence-corrected chi connectivity index (χ0v) is 42.7. The predicted molar refractivity (Wildman–Crippen MR) is 266 cm³/mol. The number of hydrogen-bond acceptors (Lipinski definition) is 6. The molecule has 8 unspecified atom stereocenters. The third-order valence-electron chi connectivity index (χ3n) is 16.3. The molecule has 356 valence electrons. The number of aryl methyl sites for hydroxylation is 1. The van der Waals surface area contributed by atoms with Crippen LogP contribution in [0, 0.1) is 70.5 Å². The number of rotatable bonds is 12. The van der Waals surface area contributed by atoms with Gasteiger partial charge in [-0.3, -0.25) is 9.69 Å². The van der Waals surface area contributed by atoms with Gasteiger partial charge in [-0.25, -0.2) is 0 Å². The van der Waals surface area contributed by atoms with Gasteiger partial charge in [0.2, 0.25) is 0 Å². The van der Waals surface area contributed by atoms with E-state index in [1.165, 1.54) is 67.9 Å². The van der Waals surface area contributed by atoms with Crippen LogP contribution in [0.2, 0.25) is 0 Å². The highest BCUT2D eigenvalue weighted by Crippen LogP contribution is 2.68. The van der Waals surface area contributed by atoms with Crippen molar-refractivity contribution >= 4 is 12.1 Å². The van der Waals surface area contributed by atoms with Gasteiger partial charge in [-0.05, 0) is 130 Å². The number of ether oxygens (including phenoxy) is 1. The molecular formula is C57H93NO5. The summed E-state index contributed by atoms with van der Waals surface area (Å²) in [6, 6.07) is 8.77. The second-order valence-electron chi connectivity index (χ2n) is 21.2. The molecule has 1 aromatic rings. The van der Waals surface area contributed by atoms with Crippen molar-refractivity contribution in [3.63, 3.8) is 0 Å². The molecule has 0 spiro atoms. The van der Waals surface area contributed by atoms with Gasteiger partial charge in [0, 0.05) is 49.3 Å². The fourth-order valence-corrected chi connectivity index (χ4v) is 13.4. The summed E-state index contributed by atoms with van der Waals surface area (Å²) in [5, 5.41) is 19.6. The Morgan fingerprint density at radius 1 is 0.937 bits per heavy atom. The molecule has 6 rings (SSSR count). The minimum atomic E-state index is -0.574. The number of likely N-dealkylation sites (N-methyl/N-ethyl adjacent to an activating group) is 1. The van der Waals surface area contributed by atoms with Crippen LogP contribution in [0.1, 0.15) is 177 Å². The first-order chi connectivity index (χ1) is 29.8. The van der Waals surface area contributed by atoms with Gasteiger partial charge in [0.05, 0.1) is 11.9 Å². The van der Waals surface area contributed by atoms with Crippen LogP contribution in [0.5, 0.6) is 0 Å². The van der Waals surface area contributed by atoms with Crippen LogP contribution in [0.3, 0.4) is 0 Å². The number of carbonyl (C=O) groups excluding carboxylic acids is 2. The fraction of sp³-hybridized carbons (Fsp3) is 0.719. The van der Waals surface area contributed by atoms with Crippen LogP contribution < -0.4 is 0 Å². The fourth-order valence-electron chi connectivity index (χ4n) is 13.4. The molecule has 6 heteroatoms. The summed E-state index contributed by atoms with van der Waals surface area (Å²) >= 11 is 0. The molecule has 0 heterocycles. The Hall–Kier alpha value is -2.98. The monoisotopic (exact) mass is 872 g/mol. The van der Waals surface area contributed by atoms with Crippen molar-refractivity contribution in [3.05, 3.63) is 71.0 Å². The van der Waals surface area contributed by atoms with Gasteiger partial charge >= 0.3 is 0 Å². The molecule has 0 amide bonds. The molecule has 0 aliphatic heterocycles. The minimum Gasteiger partial charge on any atom is -0.494 e. The number of aldehydes is 1. The Morgan fingerprint density at radius 2 is 1.54 bits per heavy atom. The highest BCUT2D eigenvalue weighted by Gasteiger charge is 2.62. The number of hydrogen-bond donors (Lipinski definition) is 2. The Labute approximate surface area is 387 Å². The maximum absolute atomic E-state index is 14.3. The average molecular weight is 872 g/mol. The molecule has 6 nitrogen and oxygen atoms in total. The molecule has 63 heavy (non-hydrogen) atoms. The summed E-state index contributed by atoms with van der Waals surface area (Å²) < 4.78 is 6.88. The first-order valence-electron chi connectivity index (χ1n) is 24.7. The SMILES string of the molecule is C#C.C=CC1(C)C=C(OC2CCC3(C)C4CCC(CCCC)C5=C(C(C)C)C(=O)CC5([C@H](O)CN(C)Cc5ccc(C)cc5)CCCC4(C)CCC3C2(C)C)C1.CC.CC=O.CO. The quantitative estimate of drug-likeness (QED) is 0.124. The maximum atomic E-state index is 14.3. The molecule has 0 bridgehead atoms. The van der Waals surface area contributed by atoms with Crippen LogP contribution in [0.4, 0.5) is 0 Å².